The normalized spacial score (nSPS) is 26.3. The Morgan fingerprint density at radius 3 is 2.85 bits per heavy atom. The van der Waals surface area contributed by atoms with E-state index in [1.54, 1.807) is 33.2 Å². The van der Waals surface area contributed by atoms with E-state index in [-0.39, 0.29) is 24.5 Å². The first-order valence-corrected chi connectivity index (χ1v) is 14.8. The van der Waals surface area contributed by atoms with Gasteiger partial charge in [-0.2, -0.15) is 5.10 Å². The van der Waals surface area contributed by atoms with Crippen molar-refractivity contribution in [2.24, 2.45) is 7.05 Å². The fraction of sp³-hybridized carbons (Fsp3) is 0.483. The Balaban J connectivity index is 1.32. The van der Waals surface area contributed by atoms with Crippen LogP contribution in [0.3, 0.4) is 0 Å². The van der Waals surface area contributed by atoms with Gasteiger partial charge in [0.1, 0.15) is 17.9 Å². The van der Waals surface area contributed by atoms with E-state index in [9.17, 15) is 14.7 Å². The molecule has 2 aromatic heterocycles. The second-order valence-corrected chi connectivity index (χ2v) is 11.8. The maximum Gasteiger partial charge on any atom is 0.258 e. The number of ether oxygens (including phenoxy) is 2. The molecule has 0 aliphatic carbocycles. The lowest BCUT2D eigenvalue weighted by Crippen LogP contribution is -2.61. The van der Waals surface area contributed by atoms with Crippen LogP contribution in [-0.4, -0.2) is 93.6 Å². The zero-order valence-electron chi connectivity index (χ0n) is 22.6. The zero-order valence-corrected chi connectivity index (χ0v) is 23.4. The van der Waals surface area contributed by atoms with E-state index >= 15 is 0 Å². The van der Waals surface area contributed by atoms with Gasteiger partial charge >= 0.3 is 0 Å². The van der Waals surface area contributed by atoms with Crippen LogP contribution in [0.4, 0.5) is 0 Å². The Hall–Kier alpha value is -3.25. The third kappa shape index (κ3) is 5.78. The number of aryl methyl sites for hydroxylation is 1. The van der Waals surface area contributed by atoms with Crippen LogP contribution in [0.25, 0.3) is 11.1 Å². The first-order valence-electron chi connectivity index (χ1n) is 13.9. The van der Waals surface area contributed by atoms with Crippen LogP contribution in [0.5, 0.6) is 5.75 Å². The molecule has 2 N–H and O–H groups in total. The predicted octanol–water partition coefficient (Wildman–Crippen LogP) is 2.28. The summed E-state index contributed by atoms with van der Waals surface area (Å²) in [5.74, 6) is 0.0156. The molecule has 0 radical (unpaired) electrons. The second-order valence-electron chi connectivity index (χ2n) is 10.8. The molecule has 2 saturated heterocycles. The van der Waals surface area contributed by atoms with Crippen molar-refractivity contribution in [3.63, 3.8) is 0 Å². The van der Waals surface area contributed by atoms with Crippen LogP contribution in [0.1, 0.15) is 34.5 Å². The van der Waals surface area contributed by atoms with Crippen LogP contribution in [0, 0.1) is 0 Å². The lowest BCUT2D eigenvalue weighted by Gasteiger charge is -2.41. The number of piperazine rings is 1. The third-order valence-electron chi connectivity index (χ3n) is 7.99. The fourth-order valence-electron chi connectivity index (χ4n) is 5.76. The number of nitrogens with one attached hydrogen (secondary N) is 1. The molecule has 2 amide bonds. The number of aromatic nitrogens is 2. The lowest BCUT2D eigenvalue weighted by atomic mass is 9.99. The summed E-state index contributed by atoms with van der Waals surface area (Å²) in [4.78, 5) is 32.8. The summed E-state index contributed by atoms with van der Waals surface area (Å²) in [6.45, 7) is 2.78. The maximum atomic E-state index is 14.1. The third-order valence-corrected chi connectivity index (χ3v) is 8.85. The standard InChI is InChI=1S/C29H35N5O5S/c1-32-16-20(14-31-32)19-4-6-23-26(13-19)38-11-8-21-5-7-25(35)27(39-21)15-30-28(36)24-18-33(9-10-34(24)29(23)37)17-22-3-2-12-40-22/h2-4,6,12-14,16,21,24-25,27,35H,5,7-11,15,17-18H2,1H3,(H,30,36)/t21-,24-,25-,27+/m0/s1. The van der Waals surface area contributed by atoms with Crippen molar-refractivity contribution in [2.45, 2.75) is 50.2 Å². The Morgan fingerprint density at radius 2 is 2.05 bits per heavy atom. The topological polar surface area (TPSA) is 109 Å². The van der Waals surface area contributed by atoms with Crippen molar-refractivity contribution < 1.29 is 24.2 Å². The number of hydrogen-bond donors (Lipinski definition) is 2. The monoisotopic (exact) mass is 565 g/mol. The van der Waals surface area contributed by atoms with Crippen LogP contribution < -0.4 is 10.1 Å². The van der Waals surface area contributed by atoms with Gasteiger partial charge in [0.05, 0.1) is 30.6 Å². The molecular formula is C29H35N5O5S. The highest BCUT2D eigenvalue weighted by molar-refractivity contribution is 7.09. The highest BCUT2D eigenvalue weighted by atomic mass is 32.1. The van der Waals surface area contributed by atoms with E-state index in [0.29, 0.717) is 56.8 Å². The minimum absolute atomic E-state index is 0.0960. The van der Waals surface area contributed by atoms with Crippen molar-refractivity contribution in [1.82, 2.24) is 24.9 Å². The number of carbonyl (C=O) groups is 2. The van der Waals surface area contributed by atoms with Gasteiger partial charge in [0, 0.05) is 62.8 Å². The average Bonchev–Trinajstić information content (AvgIpc) is 3.64. The molecule has 3 aromatic rings. The number of aliphatic hydroxyl groups is 1. The van der Waals surface area contributed by atoms with E-state index < -0.39 is 18.2 Å². The number of amides is 2. The molecule has 0 spiro atoms. The Labute approximate surface area is 237 Å². The molecule has 0 saturated carbocycles. The summed E-state index contributed by atoms with van der Waals surface area (Å²) in [7, 11) is 1.86. The van der Waals surface area contributed by atoms with Crippen LogP contribution >= 0.6 is 11.3 Å². The summed E-state index contributed by atoms with van der Waals surface area (Å²) in [6.07, 6.45) is 4.40. The number of thiophene rings is 1. The number of carbonyl (C=O) groups excluding carboxylic acids is 2. The summed E-state index contributed by atoms with van der Waals surface area (Å²) < 4.78 is 14.2. The molecule has 6 rings (SSSR count). The summed E-state index contributed by atoms with van der Waals surface area (Å²) in [6, 6.07) is 8.99. The molecule has 11 heteroatoms. The minimum atomic E-state index is -0.688. The number of rotatable bonds is 3. The highest BCUT2D eigenvalue weighted by Gasteiger charge is 2.38. The quantitative estimate of drug-likeness (QED) is 0.502. The largest absolute Gasteiger partial charge is 0.493 e. The first-order chi connectivity index (χ1) is 19.4. The first kappa shape index (κ1) is 26.9. The number of nitrogens with zero attached hydrogens (tertiary/aromatic N) is 4. The SMILES string of the molecule is Cn1cc(-c2ccc3c(c2)OCC[C@@H]2CC[C@H](O)[C@@H](CNC(=O)[C@@H]4CN(Cc5cccs5)CCN4C3=O)O2)cn1. The molecule has 1 aromatic carbocycles. The zero-order chi connectivity index (χ0) is 27.6. The second kappa shape index (κ2) is 11.7. The Kier molecular flexibility index (Phi) is 7.88. The van der Waals surface area contributed by atoms with E-state index in [1.165, 1.54) is 4.88 Å². The van der Waals surface area contributed by atoms with Gasteiger partial charge < -0.3 is 24.8 Å². The van der Waals surface area contributed by atoms with Gasteiger partial charge in [0.25, 0.3) is 5.91 Å². The molecule has 0 unspecified atom stereocenters. The van der Waals surface area contributed by atoms with Gasteiger partial charge in [-0.3, -0.25) is 19.2 Å². The number of fused-ring (bicyclic) bond motifs is 4. The number of hydrogen-bond acceptors (Lipinski definition) is 8. The van der Waals surface area contributed by atoms with Crippen molar-refractivity contribution >= 4 is 23.2 Å². The average molecular weight is 566 g/mol. The van der Waals surface area contributed by atoms with Gasteiger partial charge in [-0.25, -0.2) is 0 Å². The molecule has 2 bridgehead atoms. The highest BCUT2D eigenvalue weighted by Crippen LogP contribution is 2.31. The summed E-state index contributed by atoms with van der Waals surface area (Å²) in [5.41, 5.74) is 2.26. The van der Waals surface area contributed by atoms with Gasteiger partial charge in [-0.1, -0.05) is 12.1 Å². The molecule has 3 aliphatic heterocycles. The van der Waals surface area contributed by atoms with Crippen molar-refractivity contribution in [3.05, 3.63) is 58.5 Å². The smallest absolute Gasteiger partial charge is 0.258 e. The molecule has 40 heavy (non-hydrogen) atoms. The maximum absolute atomic E-state index is 14.1. The molecular weight excluding hydrogens is 530 g/mol. The van der Waals surface area contributed by atoms with Crippen molar-refractivity contribution in [2.75, 3.05) is 32.8 Å². The minimum Gasteiger partial charge on any atom is -0.493 e. The Bertz CT molecular complexity index is 1340. The molecule has 212 valence electrons. The molecule has 10 nitrogen and oxygen atoms in total. The van der Waals surface area contributed by atoms with E-state index in [2.05, 4.69) is 21.4 Å². The van der Waals surface area contributed by atoms with E-state index in [1.807, 2.05) is 36.8 Å². The molecule has 4 atom stereocenters. The van der Waals surface area contributed by atoms with E-state index in [0.717, 1.165) is 17.7 Å². The lowest BCUT2D eigenvalue weighted by molar-refractivity contribution is -0.135. The summed E-state index contributed by atoms with van der Waals surface area (Å²) in [5, 5.41) is 19.9. The van der Waals surface area contributed by atoms with Gasteiger partial charge in [-0.15, -0.1) is 11.3 Å². The van der Waals surface area contributed by atoms with Gasteiger partial charge in [0.15, 0.2) is 0 Å². The van der Waals surface area contributed by atoms with Gasteiger partial charge in [0.2, 0.25) is 5.91 Å². The molecule has 5 heterocycles. The molecule has 2 fully saturated rings. The molecule has 3 aliphatic rings. The van der Waals surface area contributed by atoms with Crippen LogP contribution in [0.15, 0.2) is 48.1 Å². The van der Waals surface area contributed by atoms with Crippen LogP contribution in [-0.2, 0) is 23.1 Å². The Morgan fingerprint density at radius 1 is 1.15 bits per heavy atom. The predicted molar refractivity (Wildman–Crippen MR) is 150 cm³/mol. The number of aliphatic hydroxyl groups excluding tert-OH is 1. The van der Waals surface area contributed by atoms with Crippen molar-refractivity contribution in [3.8, 4) is 16.9 Å². The van der Waals surface area contributed by atoms with Gasteiger partial charge in [-0.05, 0) is 42.0 Å². The summed E-state index contributed by atoms with van der Waals surface area (Å²) >= 11 is 1.68. The van der Waals surface area contributed by atoms with Crippen molar-refractivity contribution in [1.29, 1.82) is 0 Å². The fourth-order valence-corrected chi connectivity index (χ4v) is 6.51. The number of benzene rings is 1. The van der Waals surface area contributed by atoms with E-state index in [4.69, 9.17) is 9.47 Å². The van der Waals surface area contributed by atoms with Crippen LogP contribution in [0.2, 0.25) is 0 Å².